The topological polar surface area (TPSA) is 44.2 Å². The van der Waals surface area contributed by atoms with Crippen LogP contribution in [-0.4, -0.2) is 23.7 Å². The highest BCUT2D eigenvalue weighted by molar-refractivity contribution is 5.59. The molecule has 1 aromatic heterocycles. The highest BCUT2D eigenvalue weighted by Crippen LogP contribution is 2.31. The molecule has 0 aliphatic heterocycles. The van der Waals surface area contributed by atoms with Gasteiger partial charge in [0.25, 0.3) is 0 Å². The zero-order valence-electron chi connectivity index (χ0n) is 15.3. The molecule has 3 rings (SSSR count). The fraction of sp³-hybridized carbons (Fsp3) is 0.524. The van der Waals surface area contributed by atoms with Crippen molar-refractivity contribution in [3.8, 4) is 22.9 Å². The van der Waals surface area contributed by atoms with Crippen molar-refractivity contribution in [2.24, 2.45) is 11.8 Å². The van der Waals surface area contributed by atoms with Crippen LogP contribution in [0.2, 0.25) is 0 Å². The van der Waals surface area contributed by atoms with E-state index in [4.69, 9.17) is 9.47 Å². The van der Waals surface area contributed by atoms with Crippen LogP contribution >= 0.6 is 0 Å². The van der Waals surface area contributed by atoms with E-state index in [9.17, 15) is 0 Å². The Kier molecular flexibility index (Phi) is 6.26. The first-order chi connectivity index (χ1) is 12.3. The molecule has 1 aromatic carbocycles. The largest absolute Gasteiger partial charge is 0.497 e. The van der Waals surface area contributed by atoms with Crippen LogP contribution in [0.1, 0.15) is 45.4 Å². The van der Waals surface area contributed by atoms with Crippen molar-refractivity contribution in [3.05, 3.63) is 36.7 Å². The van der Waals surface area contributed by atoms with Crippen LogP contribution in [-0.2, 0) is 0 Å². The molecule has 0 amide bonds. The van der Waals surface area contributed by atoms with Crippen LogP contribution < -0.4 is 9.47 Å². The Labute approximate surface area is 150 Å². The Morgan fingerprint density at radius 2 is 1.68 bits per heavy atom. The fourth-order valence-corrected chi connectivity index (χ4v) is 3.60. The first-order valence-corrected chi connectivity index (χ1v) is 9.37. The normalized spacial score (nSPS) is 20.2. The van der Waals surface area contributed by atoms with Gasteiger partial charge in [-0.05, 0) is 48.9 Å². The van der Waals surface area contributed by atoms with Gasteiger partial charge in [-0.1, -0.05) is 32.6 Å². The lowest BCUT2D eigenvalue weighted by atomic mass is 9.80. The Balaban J connectivity index is 1.49. The van der Waals surface area contributed by atoms with Gasteiger partial charge in [0.2, 0.25) is 5.88 Å². The van der Waals surface area contributed by atoms with E-state index in [1.54, 1.807) is 19.5 Å². The Hall–Kier alpha value is -2.10. The number of hydrogen-bond donors (Lipinski definition) is 0. The van der Waals surface area contributed by atoms with Gasteiger partial charge < -0.3 is 9.47 Å². The maximum atomic E-state index is 5.87. The van der Waals surface area contributed by atoms with Crippen molar-refractivity contribution in [1.29, 1.82) is 0 Å². The van der Waals surface area contributed by atoms with E-state index >= 15 is 0 Å². The van der Waals surface area contributed by atoms with Gasteiger partial charge in [-0.15, -0.1) is 0 Å². The summed E-state index contributed by atoms with van der Waals surface area (Å²) in [5.41, 5.74) is 1.86. The molecule has 0 atom stereocenters. The van der Waals surface area contributed by atoms with Crippen LogP contribution in [0.5, 0.6) is 11.6 Å². The second-order valence-electron chi connectivity index (χ2n) is 6.95. The number of methoxy groups -OCH3 is 1. The maximum Gasteiger partial charge on any atom is 0.232 e. The first kappa shape index (κ1) is 17.7. The molecule has 0 spiro atoms. The van der Waals surface area contributed by atoms with Crippen molar-refractivity contribution in [3.63, 3.8) is 0 Å². The van der Waals surface area contributed by atoms with E-state index in [-0.39, 0.29) is 0 Å². The summed E-state index contributed by atoms with van der Waals surface area (Å²) in [5.74, 6) is 3.05. The molecule has 4 nitrogen and oxygen atoms in total. The van der Waals surface area contributed by atoms with Crippen LogP contribution in [0.3, 0.4) is 0 Å². The summed E-state index contributed by atoms with van der Waals surface area (Å²) < 4.78 is 11.1. The molecule has 0 bridgehead atoms. The lowest BCUT2D eigenvalue weighted by molar-refractivity contribution is 0.174. The van der Waals surface area contributed by atoms with Gasteiger partial charge in [-0.3, -0.25) is 0 Å². The molecule has 134 valence electrons. The molecule has 0 radical (unpaired) electrons. The summed E-state index contributed by atoms with van der Waals surface area (Å²) in [4.78, 5) is 8.89. The molecule has 1 heterocycles. The molecule has 1 saturated carbocycles. The minimum absolute atomic E-state index is 0.618. The summed E-state index contributed by atoms with van der Waals surface area (Å²) in [6.07, 6.45) is 11.4. The number of rotatable bonds is 7. The molecule has 2 aromatic rings. The quantitative estimate of drug-likeness (QED) is 0.700. The predicted molar refractivity (Wildman–Crippen MR) is 99.9 cm³/mol. The van der Waals surface area contributed by atoms with Crippen molar-refractivity contribution in [1.82, 2.24) is 9.97 Å². The summed E-state index contributed by atoms with van der Waals surface area (Å²) in [6.45, 7) is 3.04. The molecule has 4 heteroatoms. The number of hydrogen-bond acceptors (Lipinski definition) is 4. The van der Waals surface area contributed by atoms with E-state index < -0.39 is 0 Å². The van der Waals surface area contributed by atoms with Crippen molar-refractivity contribution in [2.75, 3.05) is 13.7 Å². The Bertz CT molecular complexity index is 632. The van der Waals surface area contributed by atoms with E-state index in [0.29, 0.717) is 11.8 Å². The third-order valence-electron chi connectivity index (χ3n) is 5.14. The van der Waals surface area contributed by atoms with Crippen LogP contribution in [0.15, 0.2) is 36.7 Å². The summed E-state index contributed by atoms with van der Waals surface area (Å²) in [5, 5.41) is 0. The van der Waals surface area contributed by atoms with Gasteiger partial charge in [0.05, 0.1) is 31.8 Å². The predicted octanol–water partition coefficient (Wildman–Crippen LogP) is 5.14. The van der Waals surface area contributed by atoms with E-state index in [0.717, 1.165) is 29.5 Å². The van der Waals surface area contributed by atoms with Crippen LogP contribution in [0.4, 0.5) is 0 Å². The molecule has 1 aliphatic carbocycles. The molecule has 1 fully saturated rings. The third kappa shape index (κ3) is 4.94. The summed E-state index contributed by atoms with van der Waals surface area (Å²) in [6, 6.07) is 7.82. The van der Waals surface area contributed by atoms with Crippen molar-refractivity contribution >= 4 is 0 Å². The Morgan fingerprint density at radius 1 is 0.960 bits per heavy atom. The smallest absolute Gasteiger partial charge is 0.232 e. The zero-order valence-corrected chi connectivity index (χ0v) is 15.3. The molecule has 25 heavy (non-hydrogen) atoms. The van der Waals surface area contributed by atoms with Crippen molar-refractivity contribution in [2.45, 2.75) is 45.4 Å². The monoisotopic (exact) mass is 340 g/mol. The highest BCUT2D eigenvalue weighted by Gasteiger charge is 2.21. The average molecular weight is 340 g/mol. The lowest BCUT2D eigenvalue weighted by Crippen LogP contribution is -2.20. The molecule has 0 N–H and O–H groups in total. The SMILES string of the molecule is CCC[C@H]1CC[C@H](COc2cnc(-c3ccc(OC)cc3)cn2)CC1. The molecule has 0 unspecified atom stereocenters. The van der Waals surface area contributed by atoms with Gasteiger partial charge in [-0.25, -0.2) is 9.97 Å². The number of nitrogens with zero attached hydrogens (tertiary/aromatic N) is 2. The van der Waals surface area contributed by atoms with E-state index in [1.165, 1.54) is 38.5 Å². The fourth-order valence-electron chi connectivity index (χ4n) is 3.60. The zero-order chi connectivity index (χ0) is 17.5. The van der Waals surface area contributed by atoms with Gasteiger partial charge in [0, 0.05) is 5.56 Å². The number of benzene rings is 1. The lowest BCUT2D eigenvalue weighted by Gasteiger charge is -2.28. The summed E-state index contributed by atoms with van der Waals surface area (Å²) >= 11 is 0. The second-order valence-corrected chi connectivity index (χ2v) is 6.95. The number of aromatic nitrogens is 2. The third-order valence-corrected chi connectivity index (χ3v) is 5.14. The second kappa shape index (κ2) is 8.84. The van der Waals surface area contributed by atoms with Crippen LogP contribution in [0, 0.1) is 11.8 Å². The molecule has 0 saturated heterocycles. The Morgan fingerprint density at radius 3 is 2.28 bits per heavy atom. The van der Waals surface area contributed by atoms with E-state index in [1.807, 2.05) is 24.3 Å². The van der Waals surface area contributed by atoms with Gasteiger partial charge in [0.15, 0.2) is 0 Å². The average Bonchev–Trinajstić information content (AvgIpc) is 2.68. The minimum atomic E-state index is 0.618. The van der Waals surface area contributed by atoms with Gasteiger partial charge in [0.1, 0.15) is 5.75 Å². The molecular weight excluding hydrogens is 312 g/mol. The maximum absolute atomic E-state index is 5.87. The van der Waals surface area contributed by atoms with Crippen LogP contribution in [0.25, 0.3) is 11.3 Å². The standard InChI is InChI=1S/C21H28N2O2/c1-3-4-16-5-7-17(8-6-16)15-25-21-14-22-20(13-23-21)18-9-11-19(24-2)12-10-18/h9-14,16-17H,3-8,15H2,1-2H3/t16-,17-. The summed E-state index contributed by atoms with van der Waals surface area (Å²) in [7, 11) is 1.66. The van der Waals surface area contributed by atoms with Gasteiger partial charge in [-0.2, -0.15) is 0 Å². The minimum Gasteiger partial charge on any atom is -0.497 e. The van der Waals surface area contributed by atoms with Gasteiger partial charge >= 0.3 is 0 Å². The highest BCUT2D eigenvalue weighted by atomic mass is 16.5. The van der Waals surface area contributed by atoms with Crippen molar-refractivity contribution < 1.29 is 9.47 Å². The first-order valence-electron chi connectivity index (χ1n) is 9.37. The molecule has 1 aliphatic rings. The van der Waals surface area contributed by atoms with E-state index in [2.05, 4.69) is 16.9 Å². The molecular formula is C21H28N2O2. The number of ether oxygens (including phenoxy) is 2.